The average Bonchev–Trinajstić information content (AvgIpc) is 2.32. The Morgan fingerprint density at radius 1 is 1.47 bits per heavy atom. The number of ether oxygens (including phenoxy) is 1. The molecule has 1 aliphatic heterocycles. The van der Waals surface area contributed by atoms with Gasteiger partial charge in [-0.25, -0.2) is 0 Å². The molecule has 1 aromatic carbocycles. The smallest absolute Gasteiger partial charge is 0.323 e. The normalized spacial score (nSPS) is 21.4. The monoisotopic (exact) mass is 347 g/mol. The molecule has 0 saturated carbocycles. The van der Waals surface area contributed by atoms with E-state index < -0.39 is 12.0 Å². The molecular formula is C12H14INO3. The maximum absolute atomic E-state index is 11.1. The molecule has 0 aliphatic carbocycles. The number of carbonyl (C=O) groups is 1. The number of hydrogen-bond acceptors (Lipinski definition) is 3. The highest BCUT2D eigenvalue weighted by Gasteiger charge is 2.28. The Morgan fingerprint density at radius 3 is 2.82 bits per heavy atom. The number of carboxylic acid groups (broad SMARTS) is 1. The maximum atomic E-state index is 11.1. The molecule has 1 N–H and O–H groups in total. The number of hydrogen-bond donors (Lipinski definition) is 1. The van der Waals surface area contributed by atoms with Crippen LogP contribution in [0.1, 0.15) is 5.56 Å². The summed E-state index contributed by atoms with van der Waals surface area (Å²) in [6.07, 6.45) is 0. The third-order valence-corrected chi connectivity index (χ3v) is 3.54. The fourth-order valence-electron chi connectivity index (χ4n) is 1.88. The minimum absolute atomic E-state index is 0.277. The van der Waals surface area contributed by atoms with Gasteiger partial charge < -0.3 is 9.84 Å². The second-order valence-electron chi connectivity index (χ2n) is 4.03. The Bertz CT molecular complexity index is 393. The molecule has 1 fully saturated rings. The van der Waals surface area contributed by atoms with Crippen LogP contribution in [-0.4, -0.2) is 41.8 Å². The van der Waals surface area contributed by atoms with Crippen LogP contribution in [0.15, 0.2) is 24.3 Å². The Morgan fingerprint density at radius 2 is 2.18 bits per heavy atom. The lowest BCUT2D eigenvalue weighted by Gasteiger charge is -2.32. The summed E-state index contributed by atoms with van der Waals surface area (Å²) in [6.45, 7) is 2.22. The minimum Gasteiger partial charge on any atom is -0.480 e. The molecular weight excluding hydrogens is 333 g/mol. The van der Waals surface area contributed by atoms with Crippen molar-refractivity contribution in [1.29, 1.82) is 0 Å². The van der Waals surface area contributed by atoms with Gasteiger partial charge in [0.15, 0.2) is 0 Å². The maximum Gasteiger partial charge on any atom is 0.323 e. The lowest BCUT2D eigenvalue weighted by Crippen LogP contribution is -2.49. The van der Waals surface area contributed by atoms with E-state index in [1.165, 1.54) is 3.57 Å². The van der Waals surface area contributed by atoms with Gasteiger partial charge in [-0.1, -0.05) is 12.1 Å². The van der Waals surface area contributed by atoms with Crippen molar-refractivity contribution >= 4 is 28.6 Å². The van der Waals surface area contributed by atoms with Crippen molar-refractivity contribution in [3.63, 3.8) is 0 Å². The Hall–Kier alpha value is -0.660. The van der Waals surface area contributed by atoms with Gasteiger partial charge in [-0.05, 0) is 40.3 Å². The van der Waals surface area contributed by atoms with Crippen molar-refractivity contribution in [1.82, 2.24) is 4.90 Å². The van der Waals surface area contributed by atoms with Crippen molar-refractivity contribution < 1.29 is 14.6 Å². The zero-order valence-electron chi connectivity index (χ0n) is 9.30. The number of halogens is 1. The summed E-state index contributed by atoms with van der Waals surface area (Å²) < 4.78 is 6.39. The van der Waals surface area contributed by atoms with Gasteiger partial charge in [0, 0.05) is 16.7 Å². The van der Waals surface area contributed by atoms with Crippen molar-refractivity contribution in [3.8, 4) is 0 Å². The molecule has 5 heteroatoms. The second-order valence-corrected chi connectivity index (χ2v) is 5.27. The molecule has 1 heterocycles. The van der Waals surface area contributed by atoms with Crippen LogP contribution in [0.4, 0.5) is 0 Å². The number of morpholine rings is 1. The van der Waals surface area contributed by atoms with E-state index in [0.717, 1.165) is 5.56 Å². The first-order chi connectivity index (χ1) is 8.16. The molecule has 2 rings (SSSR count). The highest BCUT2D eigenvalue weighted by molar-refractivity contribution is 14.1. The molecule has 0 spiro atoms. The molecule has 1 atom stereocenters. The number of rotatable bonds is 3. The predicted octanol–water partition coefficient (Wildman–Crippen LogP) is 1.58. The highest BCUT2D eigenvalue weighted by atomic mass is 127. The van der Waals surface area contributed by atoms with Crippen LogP contribution in [0, 0.1) is 3.57 Å². The van der Waals surface area contributed by atoms with Crippen LogP contribution in [0.3, 0.4) is 0 Å². The first-order valence-electron chi connectivity index (χ1n) is 5.46. The van der Waals surface area contributed by atoms with E-state index in [4.69, 9.17) is 9.84 Å². The van der Waals surface area contributed by atoms with E-state index in [9.17, 15) is 4.79 Å². The van der Waals surface area contributed by atoms with Gasteiger partial charge in [0.1, 0.15) is 6.04 Å². The van der Waals surface area contributed by atoms with E-state index in [2.05, 4.69) is 22.6 Å². The number of benzene rings is 1. The average molecular weight is 347 g/mol. The molecule has 1 aromatic rings. The zero-order chi connectivity index (χ0) is 12.3. The minimum atomic E-state index is -0.810. The van der Waals surface area contributed by atoms with Crippen LogP contribution >= 0.6 is 22.6 Å². The Labute approximate surface area is 114 Å². The van der Waals surface area contributed by atoms with Crippen LogP contribution in [0.25, 0.3) is 0 Å². The van der Waals surface area contributed by atoms with Crippen molar-refractivity contribution in [2.75, 3.05) is 19.8 Å². The summed E-state index contributed by atoms with van der Waals surface area (Å²) >= 11 is 2.25. The molecule has 1 aliphatic rings. The quantitative estimate of drug-likeness (QED) is 0.844. The third-order valence-electron chi connectivity index (χ3n) is 2.82. The lowest BCUT2D eigenvalue weighted by atomic mass is 10.1. The third kappa shape index (κ3) is 3.40. The first-order valence-corrected chi connectivity index (χ1v) is 6.54. The fourth-order valence-corrected chi connectivity index (χ4v) is 2.24. The van der Waals surface area contributed by atoms with Gasteiger partial charge in [-0.3, -0.25) is 9.69 Å². The molecule has 92 valence electrons. The zero-order valence-corrected chi connectivity index (χ0v) is 11.5. The van der Waals surface area contributed by atoms with Crippen LogP contribution < -0.4 is 0 Å². The van der Waals surface area contributed by atoms with E-state index in [1.54, 1.807) is 0 Å². The van der Waals surface area contributed by atoms with Crippen LogP contribution in [0.2, 0.25) is 0 Å². The van der Waals surface area contributed by atoms with E-state index in [-0.39, 0.29) is 6.61 Å². The number of nitrogens with zero attached hydrogens (tertiary/aromatic N) is 1. The topological polar surface area (TPSA) is 49.8 Å². The van der Waals surface area contributed by atoms with E-state index in [1.807, 2.05) is 29.2 Å². The van der Waals surface area contributed by atoms with Gasteiger partial charge in [0.05, 0.1) is 13.2 Å². The molecule has 0 aromatic heterocycles. The summed E-state index contributed by atoms with van der Waals surface area (Å²) in [6, 6.07) is 7.62. The Balaban J connectivity index is 2.05. The number of carboxylic acids is 1. The lowest BCUT2D eigenvalue weighted by molar-refractivity contribution is -0.150. The molecule has 4 nitrogen and oxygen atoms in total. The van der Waals surface area contributed by atoms with Gasteiger partial charge in [-0.15, -0.1) is 0 Å². The van der Waals surface area contributed by atoms with Crippen molar-refractivity contribution in [2.24, 2.45) is 0 Å². The largest absolute Gasteiger partial charge is 0.480 e. The predicted molar refractivity (Wildman–Crippen MR) is 71.8 cm³/mol. The summed E-state index contributed by atoms with van der Waals surface area (Å²) in [4.78, 5) is 13.0. The first kappa shape index (κ1) is 12.8. The molecule has 1 saturated heterocycles. The fraction of sp³-hybridized carbons (Fsp3) is 0.417. The van der Waals surface area contributed by atoms with Crippen molar-refractivity contribution in [2.45, 2.75) is 12.6 Å². The molecule has 17 heavy (non-hydrogen) atoms. The summed E-state index contributed by atoms with van der Waals surface area (Å²) in [5.41, 5.74) is 1.14. The van der Waals surface area contributed by atoms with Crippen LogP contribution in [-0.2, 0) is 16.1 Å². The number of aliphatic carboxylic acids is 1. The molecule has 0 bridgehead atoms. The summed E-state index contributed by atoms with van der Waals surface area (Å²) in [7, 11) is 0. The molecule has 0 radical (unpaired) electrons. The van der Waals surface area contributed by atoms with Gasteiger partial charge in [-0.2, -0.15) is 0 Å². The van der Waals surface area contributed by atoms with E-state index in [0.29, 0.717) is 19.7 Å². The highest BCUT2D eigenvalue weighted by Crippen LogP contribution is 2.14. The standard InChI is InChI=1S/C12H14INO3/c13-10-3-1-9(2-4-10)7-14-5-6-17-8-11(14)12(15)16/h1-4,11H,5-8H2,(H,15,16). The SMILES string of the molecule is O=C(O)C1COCCN1Cc1ccc(I)cc1. The summed E-state index contributed by atoms with van der Waals surface area (Å²) in [5, 5.41) is 9.11. The summed E-state index contributed by atoms with van der Waals surface area (Å²) in [5.74, 6) is -0.810. The second kappa shape index (κ2) is 5.79. The van der Waals surface area contributed by atoms with Crippen LogP contribution in [0.5, 0.6) is 0 Å². The molecule has 1 unspecified atom stereocenters. The van der Waals surface area contributed by atoms with Gasteiger partial charge in [0.25, 0.3) is 0 Å². The van der Waals surface area contributed by atoms with Gasteiger partial charge >= 0.3 is 5.97 Å². The van der Waals surface area contributed by atoms with Crippen molar-refractivity contribution in [3.05, 3.63) is 33.4 Å². The molecule has 0 amide bonds. The Kier molecular flexibility index (Phi) is 4.36. The van der Waals surface area contributed by atoms with E-state index >= 15 is 0 Å². The van der Waals surface area contributed by atoms with Gasteiger partial charge in [0.2, 0.25) is 0 Å².